The number of guanidine groups is 1. The molecule has 0 saturated heterocycles. The lowest BCUT2D eigenvalue weighted by atomic mass is 10.0. The third kappa shape index (κ3) is 3.99. The van der Waals surface area contributed by atoms with Gasteiger partial charge in [-0.15, -0.1) is 0 Å². The maximum Gasteiger partial charge on any atom is 0.191 e. The molecule has 0 aliphatic heterocycles. The molecule has 2 N–H and O–H groups in total. The Hall–Kier alpha value is -1.58. The first kappa shape index (κ1) is 15.3. The summed E-state index contributed by atoms with van der Waals surface area (Å²) in [5.74, 6) is 1.68. The SMILES string of the molecule is CCNC(=NCC1(C2CC2)CC1)NCCc1ccc(F)cc1. The average Bonchev–Trinajstić information content (AvgIpc) is 3.38. The smallest absolute Gasteiger partial charge is 0.191 e. The molecule has 0 bridgehead atoms. The van der Waals surface area contributed by atoms with E-state index in [0.717, 1.165) is 43.5 Å². The Morgan fingerprint density at radius 1 is 1.23 bits per heavy atom. The van der Waals surface area contributed by atoms with Crippen molar-refractivity contribution in [3.8, 4) is 0 Å². The predicted molar refractivity (Wildman–Crippen MR) is 88.5 cm³/mol. The molecule has 2 fully saturated rings. The lowest BCUT2D eigenvalue weighted by Crippen LogP contribution is -2.38. The van der Waals surface area contributed by atoms with Crippen molar-refractivity contribution in [2.75, 3.05) is 19.6 Å². The van der Waals surface area contributed by atoms with Crippen LogP contribution in [0.3, 0.4) is 0 Å². The maximum atomic E-state index is 12.9. The zero-order valence-electron chi connectivity index (χ0n) is 13.4. The molecule has 0 atom stereocenters. The van der Waals surface area contributed by atoms with E-state index in [4.69, 9.17) is 4.99 Å². The molecule has 120 valence electrons. The van der Waals surface area contributed by atoms with E-state index in [1.807, 2.05) is 12.1 Å². The number of hydrogen-bond acceptors (Lipinski definition) is 1. The normalized spacial score (nSPS) is 19.8. The second kappa shape index (κ2) is 6.67. The molecule has 0 radical (unpaired) electrons. The van der Waals surface area contributed by atoms with Crippen LogP contribution in [-0.2, 0) is 6.42 Å². The fraction of sp³-hybridized carbons (Fsp3) is 0.611. The van der Waals surface area contributed by atoms with Crippen molar-refractivity contribution >= 4 is 5.96 Å². The van der Waals surface area contributed by atoms with Crippen molar-refractivity contribution in [3.05, 3.63) is 35.6 Å². The summed E-state index contributed by atoms with van der Waals surface area (Å²) in [4.78, 5) is 4.79. The van der Waals surface area contributed by atoms with Crippen LogP contribution in [0.4, 0.5) is 4.39 Å². The Kier molecular flexibility index (Phi) is 4.65. The summed E-state index contributed by atoms with van der Waals surface area (Å²) < 4.78 is 12.9. The molecule has 0 spiro atoms. The summed E-state index contributed by atoms with van der Waals surface area (Å²) in [6.07, 6.45) is 6.40. The van der Waals surface area contributed by atoms with E-state index in [1.165, 1.54) is 37.8 Å². The quantitative estimate of drug-likeness (QED) is 0.600. The fourth-order valence-electron chi connectivity index (χ4n) is 3.11. The first-order chi connectivity index (χ1) is 10.7. The summed E-state index contributed by atoms with van der Waals surface area (Å²) in [5.41, 5.74) is 1.68. The number of benzene rings is 1. The van der Waals surface area contributed by atoms with Gasteiger partial charge in [0.05, 0.1) is 0 Å². The predicted octanol–water partition coefficient (Wildman–Crippen LogP) is 3.11. The molecule has 0 unspecified atom stereocenters. The van der Waals surface area contributed by atoms with Crippen LogP contribution < -0.4 is 10.6 Å². The third-order valence-corrected chi connectivity index (χ3v) is 4.85. The molecular weight excluding hydrogens is 277 g/mol. The highest BCUT2D eigenvalue weighted by molar-refractivity contribution is 5.79. The molecule has 4 heteroatoms. The van der Waals surface area contributed by atoms with Crippen molar-refractivity contribution in [2.24, 2.45) is 16.3 Å². The molecule has 3 rings (SSSR count). The van der Waals surface area contributed by atoms with Gasteiger partial charge in [-0.05, 0) is 68.1 Å². The first-order valence-electron chi connectivity index (χ1n) is 8.48. The van der Waals surface area contributed by atoms with Crippen LogP contribution in [0.15, 0.2) is 29.3 Å². The van der Waals surface area contributed by atoms with Gasteiger partial charge in [0.15, 0.2) is 5.96 Å². The van der Waals surface area contributed by atoms with Gasteiger partial charge in [-0.1, -0.05) is 12.1 Å². The number of nitrogens with zero attached hydrogens (tertiary/aromatic N) is 1. The van der Waals surface area contributed by atoms with Gasteiger partial charge in [0.2, 0.25) is 0 Å². The average molecular weight is 303 g/mol. The van der Waals surface area contributed by atoms with Gasteiger partial charge in [0.1, 0.15) is 5.82 Å². The van der Waals surface area contributed by atoms with E-state index in [0.29, 0.717) is 5.41 Å². The van der Waals surface area contributed by atoms with E-state index in [-0.39, 0.29) is 5.82 Å². The molecule has 1 aromatic rings. The molecule has 0 amide bonds. The Labute approximate surface area is 132 Å². The lowest BCUT2D eigenvalue weighted by Gasteiger charge is -2.15. The van der Waals surface area contributed by atoms with E-state index in [9.17, 15) is 4.39 Å². The van der Waals surface area contributed by atoms with E-state index in [2.05, 4.69) is 17.6 Å². The molecule has 0 aromatic heterocycles. The number of halogens is 1. The van der Waals surface area contributed by atoms with Gasteiger partial charge in [0, 0.05) is 19.6 Å². The minimum Gasteiger partial charge on any atom is -0.357 e. The lowest BCUT2D eigenvalue weighted by molar-refractivity contribution is 0.452. The minimum absolute atomic E-state index is 0.179. The van der Waals surface area contributed by atoms with Gasteiger partial charge in [0.25, 0.3) is 0 Å². The van der Waals surface area contributed by atoms with Crippen LogP contribution in [0, 0.1) is 17.2 Å². The molecular formula is C18H26FN3. The highest BCUT2D eigenvalue weighted by atomic mass is 19.1. The Bertz CT molecular complexity index is 516. The summed E-state index contributed by atoms with van der Waals surface area (Å²) in [6.45, 7) is 4.74. The molecule has 3 nitrogen and oxygen atoms in total. The standard InChI is InChI=1S/C18H26FN3/c1-2-20-17(22-13-18(10-11-18)15-5-6-15)21-12-9-14-3-7-16(19)8-4-14/h3-4,7-8,15H,2,5-6,9-13H2,1H3,(H2,20,21,22). The summed E-state index contributed by atoms with van der Waals surface area (Å²) in [6, 6.07) is 6.71. The van der Waals surface area contributed by atoms with Crippen molar-refractivity contribution in [1.29, 1.82) is 0 Å². The van der Waals surface area contributed by atoms with Crippen LogP contribution in [0.2, 0.25) is 0 Å². The monoisotopic (exact) mass is 303 g/mol. The second-order valence-corrected chi connectivity index (χ2v) is 6.64. The highest BCUT2D eigenvalue weighted by Crippen LogP contribution is 2.61. The Balaban J connectivity index is 1.47. The van der Waals surface area contributed by atoms with E-state index in [1.54, 1.807) is 0 Å². The number of rotatable bonds is 7. The zero-order valence-corrected chi connectivity index (χ0v) is 13.4. The van der Waals surface area contributed by atoms with Gasteiger partial charge < -0.3 is 10.6 Å². The molecule has 2 aliphatic carbocycles. The molecule has 2 aliphatic rings. The fourth-order valence-corrected chi connectivity index (χ4v) is 3.11. The van der Waals surface area contributed by atoms with Crippen molar-refractivity contribution in [1.82, 2.24) is 10.6 Å². The van der Waals surface area contributed by atoms with Crippen molar-refractivity contribution in [3.63, 3.8) is 0 Å². The van der Waals surface area contributed by atoms with Gasteiger partial charge in [-0.3, -0.25) is 4.99 Å². The highest BCUT2D eigenvalue weighted by Gasteiger charge is 2.53. The number of aliphatic imine (C=N–C) groups is 1. The molecule has 2 saturated carbocycles. The van der Waals surface area contributed by atoms with E-state index < -0.39 is 0 Å². The number of hydrogen-bond donors (Lipinski definition) is 2. The van der Waals surface area contributed by atoms with Crippen LogP contribution in [-0.4, -0.2) is 25.6 Å². The van der Waals surface area contributed by atoms with Crippen molar-refractivity contribution in [2.45, 2.75) is 39.0 Å². The molecule has 22 heavy (non-hydrogen) atoms. The van der Waals surface area contributed by atoms with Crippen LogP contribution in [0.5, 0.6) is 0 Å². The largest absolute Gasteiger partial charge is 0.357 e. The van der Waals surface area contributed by atoms with Gasteiger partial charge >= 0.3 is 0 Å². The Morgan fingerprint density at radius 3 is 2.55 bits per heavy atom. The molecule has 0 heterocycles. The first-order valence-corrected chi connectivity index (χ1v) is 8.48. The number of nitrogens with one attached hydrogen (secondary N) is 2. The maximum absolute atomic E-state index is 12.9. The van der Waals surface area contributed by atoms with Crippen LogP contribution >= 0.6 is 0 Å². The summed E-state index contributed by atoms with van der Waals surface area (Å²) >= 11 is 0. The third-order valence-electron chi connectivity index (χ3n) is 4.85. The molecule has 1 aromatic carbocycles. The summed E-state index contributed by atoms with van der Waals surface area (Å²) in [7, 11) is 0. The van der Waals surface area contributed by atoms with Crippen molar-refractivity contribution < 1.29 is 4.39 Å². The summed E-state index contributed by atoms with van der Waals surface area (Å²) in [5, 5.41) is 6.71. The minimum atomic E-state index is -0.179. The van der Waals surface area contributed by atoms with Crippen LogP contribution in [0.25, 0.3) is 0 Å². The van der Waals surface area contributed by atoms with E-state index >= 15 is 0 Å². The zero-order chi connectivity index (χ0) is 15.4. The topological polar surface area (TPSA) is 36.4 Å². The Morgan fingerprint density at radius 2 is 1.95 bits per heavy atom. The van der Waals surface area contributed by atoms with Crippen LogP contribution in [0.1, 0.15) is 38.2 Å². The van der Waals surface area contributed by atoms with Gasteiger partial charge in [-0.25, -0.2) is 4.39 Å². The van der Waals surface area contributed by atoms with Gasteiger partial charge in [-0.2, -0.15) is 0 Å². The second-order valence-electron chi connectivity index (χ2n) is 6.64.